The molecule has 1 amide bonds. The van der Waals surface area contributed by atoms with Crippen LogP contribution in [0.15, 0.2) is 47.1 Å². The Balaban J connectivity index is 2.33. The number of furan rings is 1. The van der Waals surface area contributed by atoms with Crippen LogP contribution in [-0.2, 0) is 4.79 Å². The molecular formula is C13H12FNO2. The molecule has 0 aliphatic rings. The first-order valence-electron chi connectivity index (χ1n) is 5.24. The quantitative estimate of drug-likeness (QED) is 0.881. The highest BCUT2D eigenvalue weighted by Crippen LogP contribution is 2.28. The van der Waals surface area contributed by atoms with Crippen LogP contribution in [0.1, 0.15) is 23.7 Å². The fraction of sp³-hybridized carbons (Fsp3) is 0.154. The zero-order valence-electron chi connectivity index (χ0n) is 9.10. The highest BCUT2D eigenvalue weighted by Gasteiger charge is 2.19. The van der Waals surface area contributed by atoms with Crippen molar-refractivity contribution in [3.05, 3.63) is 59.8 Å². The minimum atomic E-state index is -0.421. The standard InChI is InChI=1S/C13H12FNO2/c14-10-5-3-9(4-6-10)11(8-13(15)16)12-2-1-7-17-12/h1-7,11H,8H2,(H2,15,16)/t11-/m1/s1. The highest BCUT2D eigenvalue weighted by molar-refractivity contribution is 5.75. The molecule has 2 aromatic rings. The average Bonchev–Trinajstić information content (AvgIpc) is 2.80. The van der Waals surface area contributed by atoms with Crippen molar-refractivity contribution >= 4 is 5.91 Å². The van der Waals surface area contributed by atoms with E-state index in [-0.39, 0.29) is 18.2 Å². The van der Waals surface area contributed by atoms with Crippen LogP contribution in [0.25, 0.3) is 0 Å². The fourth-order valence-electron chi connectivity index (χ4n) is 1.77. The Morgan fingerprint density at radius 3 is 2.53 bits per heavy atom. The molecule has 1 heterocycles. The normalized spacial score (nSPS) is 12.3. The fourth-order valence-corrected chi connectivity index (χ4v) is 1.77. The van der Waals surface area contributed by atoms with Crippen molar-refractivity contribution in [2.75, 3.05) is 0 Å². The minimum Gasteiger partial charge on any atom is -0.469 e. The number of hydrogen-bond donors (Lipinski definition) is 1. The van der Waals surface area contributed by atoms with Gasteiger partial charge in [0.2, 0.25) is 5.91 Å². The molecule has 1 aromatic heterocycles. The first-order valence-corrected chi connectivity index (χ1v) is 5.24. The summed E-state index contributed by atoms with van der Waals surface area (Å²) in [5, 5.41) is 0. The predicted octanol–water partition coefficient (Wildman–Crippen LogP) is 2.43. The third-order valence-electron chi connectivity index (χ3n) is 2.56. The van der Waals surface area contributed by atoms with E-state index < -0.39 is 5.91 Å². The monoisotopic (exact) mass is 233 g/mol. The van der Waals surface area contributed by atoms with E-state index in [0.29, 0.717) is 5.76 Å². The SMILES string of the molecule is NC(=O)C[C@H](c1ccc(F)cc1)c1ccco1. The first kappa shape index (κ1) is 11.4. The van der Waals surface area contributed by atoms with Gasteiger partial charge in [0.25, 0.3) is 0 Å². The summed E-state index contributed by atoms with van der Waals surface area (Å²) in [5.74, 6) is -0.347. The lowest BCUT2D eigenvalue weighted by molar-refractivity contribution is -0.118. The maximum Gasteiger partial charge on any atom is 0.218 e. The van der Waals surface area contributed by atoms with Crippen molar-refractivity contribution in [3.8, 4) is 0 Å². The van der Waals surface area contributed by atoms with Crippen LogP contribution in [0.4, 0.5) is 4.39 Å². The smallest absolute Gasteiger partial charge is 0.218 e. The van der Waals surface area contributed by atoms with Gasteiger partial charge in [-0.15, -0.1) is 0 Å². The maximum atomic E-state index is 12.8. The second-order valence-electron chi connectivity index (χ2n) is 3.79. The Hall–Kier alpha value is -2.10. The van der Waals surface area contributed by atoms with Crippen LogP contribution >= 0.6 is 0 Å². The third-order valence-corrected chi connectivity index (χ3v) is 2.56. The predicted molar refractivity (Wildman–Crippen MR) is 60.8 cm³/mol. The van der Waals surface area contributed by atoms with E-state index in [1.54, 1.807) is 24.3 Å². The lowest BCUT2D eigenvalue weighted by atomic mass is 9.93. The lowest BCUT2D eigenvalue weighted by Gasteiger charge is -2.13. The van der Waals surface area contributed by atoms with Crippen LogP contribution in [0, 0.1) is 5.82 Å². The number of primary amides is 1. The van der Waals surface area contributed by atoms with Gasteiger partial charge in [0.15, 0.2) is 0 Å². The number of carbonyl (C=O) groups excluding carboxylic acids is 1. The van der Waals surface area contributed by atoms with Gasteiger partial charge in [-0.3, -0.25) is 4.79 Å². The van der Waals surface area contributed by atoms with Gasteiger partial charge < -0.3 is 10.2 Å². The number of amides is 1. The lowest BCUT2D eigenvalue weighted by Crippen LogP contribution is -2.15. The zero-order valence-corrected chi connectivity index (χ0v) is 9.10. The topological polar surface area (TPSA) is 56.2 Å². The number of benzene rings is 1. The van der Waals surface area contributed by atoms with E-state index in [4.69, 9.17) is 10.2 Å². The third kappa shape index (κ3) is 2.72. The second kappa shape index (κ2) is 4.82. The average molecular weight is 233 g/mol. The second-order valence-corrected chi connectivity index (χ2v) is 3.79. The first-order chi connectivity index (χ1) is 8.16. The molecule has 1 aromatic carbocycles. The van der Waals surface area contributed by atoms with Crippen molar-refractivity contribution in [1.29, 1.82) is 0 Å². The van der Waals surface area contributed by atoms with Crippen LogP contribution in [-0.4, -0.2) is 5.91 Å². The van der Waals surface area contributed by atoms with Gasteiger partial charge in [0.1, 0.15) is 11.6 Å². The van der Waals surface area contributed by atoms with Crippen molar-refractivity contribution in [1.82, 2.24) is 0 Å². The number of nitrogens with two attached hydrogens (primary N) is 1. The molecule has 0 radical (unpaired) electrons. The molecule has 2 N–H and O–H groups in total. The number of hydrogen-bond acceptors (Lipinski definition) is 2. The van der Waals surface area contributed by atoms with E-state index in [2.05, 4.69) is 0 Å². The summed E-state index contributed by atoms with van der Waals surface area (Å²) in [5.41, 5.74) is 6.02. The summed E-state index contributed by atoms with van der Waals surface area (Å²) in [6.07, 6.45) is 1.67. The van der Waals surface area contributed by atoms with E-state index in [1.165, 1.54) is 18.4 Å². The minimum absolute atomic E-state index is 0.138. The van der Waals surface area contributed by atoms with Gasteiger partial charge in [0, 0.05) is 6.42 Å². The molecule has 88 valence electrons. The molecule has 0 spiro atoms. The van der Waals surface area contributed by atoms with Gasteiger partial charge >= 0.3 is 0 Å². The number of halogens is 1. The largest absolute Gasteiger partial charge is 0.469 e. The summed E-state index contributed by atoms with van der Waals surface area (Å²) < 4.78 is 18.1. The summed E-state index contributed by atoms with van der Waals surface area (Å²) in [6, 6.07) is 9.49. The summed E-state index contributed by atoms with van der Waals surface area (Å²) in [4.78, 5) is 11.1. The summed E-state index contributed by atoms with van der Waals surface area (Å²) >= 11 is 0. The molecule has 1 atom stereocenters. The van der Waals surface area contributed by atoms with Crippen molar-refractivity contribution < 1.29 is 13.6 Å². The van der Waals surface area contributed by atoms with Gasteiger partial charge in [-0.25, -0.2) is 4.39 Å². The van der Waals surface area contributed by atoms with Gasteiger partial charge in [-0.2, -0.15) is 0 Å². The van der Waals surface area contributed by atoms with Crippen molar-refractivity contribution in [3.63, 3.8) is 0 Å². The molecule has 3 nitrogen and oxygen atoms in total. The Morgan fingerprint density at radius 1 is 1.29 bits per heavy atom. The van der Waals surface area contributed by atoms with Crippen LogP contribution in [0.5, 0.6) is 0 Å². The zero-order chi connectivity index (χ0) is 12.3. The maximum absolute atomic E-state index is 12.8. The van der Waals surface area contributed by atoms with E-state index in [1.807, 2.05) is 0 Å². The molecule has 0 saturated heterocycles. The molecule has 2 rings (SSSR count). The summed E-state index contributed by atoms with van der Waals surface area (Å²) in [6.45, 7) is 0. The van der Waals surface area contributed by atoms with Crippen molar-refractivity contribution in [2.45, 2.75) is 12.3 Å². The highest BCUT2D eigenvalue weighted by atomic mass is 19.1. The summed E-state index contributed by atoms with van der Waals surface area (Å²) in [7, 11) is 0. The number of rotatable bonds is 4. The Morgan fingerprint density at radius 2 is 2.00 bits per heavy atom. The Bertz CT molecular complexity index is 491. The van der Waals surface area contributed by atoms with Crippen LogP contribution in [0.2, 0.25) is 0 Å². The van der Waals surface area contributed by atoms with Crippen molar-refractivity contribution in [2.24, 2.45) is 5.73 Å². The van der Waals surface area contributed by atoms with Crippen LogP contribution in [0.3, 0.4) is 0 Å². The molecule has 0 saturated carbocycles. The Kier molecular flexibility index (Phi) is 3.23. The van der Waals surface area contributed by atoms with E-state index in [9.17, 15) is 9.18 Å². The van der Waals surface area contributed by atoms with Gasteiger partial charge in [0.05, 0.1) is 12.2 Å². The van der Waals surface area contributed by atoms with Gasteiger partial charge in [-0.05, 0) is 29.8 Å². The molecule has 0 aliphatic heterocycles. The molecule has 4 heteroatoms. The van der Waals surface area contributed by atoms with Crippen LogP contribution < -0.4 is 5.73 Å². The molecular weight excluding hydrogens is 221 g/mol. The molecule has 0 unspecified atom stereocenters. The van der Waals surface area contributed by atoms with E-state index >= 15 is 0 Å². The van der Waals surface area contributed by atoms with E-state index in [0.717, 1.165) is 5.56 Å². The molecule has 0 fully saturated rings. The molecule has 17 heavy (non-hydrogen) atoms. The van der Waals surface area contributed by atoms with Gasteiger partial charge in [-0.1, -0.05) is 12.1 Å². The molecule has 0 aliphatic carbocycles. The Labute approximate surface area is 98.0 Å². The molecule has 0 bridgehead atoms. The number of carbonyl (C=O) groups is 1.